The van der Waals surface area contributed by atoms with E-state index in [2.05, 4.69) is 15.3 Å². The zero-order valence-corrected chi connectivity index (χ0v) is 11.5. The van der Waals surface area contributed by atoms with Gasteiger partial charge < -0.3 is 14.8 Å². The number of hydrogen-bond donors (Lipinski definition) is 1. The normalized spacial score (nSPS) is 15.1. The zero-order valence-electron chi connectivity index (χ0n) is 11.5. The molecule has 0 saturated heterocycles. The molecule has 104 valence electrons. The van der Waals surface area contributed by atoms with Crippen LogP contribution in [-0.4, -0.2) is 29.7 Å². The number of hydrogen-bond acceptors (Lipinski definition) is 6. The Morgan fingerprint density at radius 2 is 2.16 bits per heavy atom. The van der Waals surface area contributed by atoms with Crippen molar-refractivity contribution >= 4 is 5.97 Å². The average molecular weight is 265 g/mol. The Hall–Kier alpha value is -1.53. The molecule has 0 spiro atoms. The zero-order chi connectivity index (χ0) is 13.8. The van der Waals surface area contributed by atoms with Crippen LogP contribution in [0.4, 0.5) is 0 Å². The smallest absolute Gasteiger partial charge is 0.357 e. The fourth-order valence-electron chi connectivity index (χ4n) is 2.17. The van der Waals surface area contributed by atoms with Crippen molar-refractivity contribution in [3.63, 3.8) is 0 Å². The van der Waals surface area contributed by atoms with Gasteiger partial charge in [0.05, 0.1) is 12.8 Å². The minimum Gasteiger partial charge on any atom is -0.464 e. The summed E-state index contributed by atoms with van der Waals surface area (Å²) in [5.41, 5.74) is 2.05. The van der Waals surface area contributed by atoms with E-state index in [0.29, 0.717) is 31.2 Å². The van der Waals surface area contributed by atoms with Crippen LogP contribution in [0.15, 0.2) is 0 Å². The van der Waals surface area contributed by atoms with Crippen molar-refractivity contribution in [3.8, 4) is 0 Å². The summed E-state index contributed by atoms with van der Waals surface area (Å²) in [4.78, 5) is 20.7. The molecule has 0 aromatic carbocycles. The van der Waals surface area contributed by atoms with Gasteiger partial charge in [-0.3, -0.25) is 0 Å². The van der Waals surface area contributed by atoms with Crippen LogP contribution in [-0.2, 0) is 22.6 Å². The number of rotatable bonds is 5. The lowest BCUT2D eigenvalue weighted by atomic mass is 10.1. The highest BCUT2D eigenvalue weighted by atomic mass is 16.5. The summed E-state index contributed by atoms with van der Waals surface area (Å²) in [6.07, 6.45) is 0.583. The van der Waals surface area contributed by atoms with E-state index in [1.807, 2.05) is 13.8 Å². The van der Waals surface area contributed by atoms with Gasteiger partial charge in [0.25, 0.3) is 0 Å². The summed E-state index contributed by atoms with van der Waals surface area (Å²) in [6, 6.07) is 0. The van der Waals surface area contributed by atoms with Crippen molar-refractivity contribution in [2.45, 2.75) is 39.5 Å². The maximum absolute atomic E-state index is 11.8. The second-order valence-corrected chi connectivity index (χ2v) is 4.30. The molecule has 1 unspecified atom stereocenters. The van der Waals surface area contributed by atoms with Gasteiger partial charge in [-0.05, 0) is 13.3 Å². The molecular formula is C13H19N3O3. The SMILES string of the molecule is CCOC(CC)c1nc2c(c(C(=O)OC)n1)CNC2. The van der Waals surface area contributed by atoms with E-state index in [-0.39, 0.29) is 6.10 Å². The van der Waals surface area contributed by atoms with Gasteiger partial charge in [0.15, 0.2) is 11.5 Å². The summed E-state index contributed by atoms with van der Waals surface area (Å²) >= 11 is 0. The van der Waals surface area contributed by atoms with Crippen molar-refractivity contribution in [2.24, 2.45) is 0 Å². The molecule has 1 aliphatic heterocycles. The highest BCUT2D eigenvalue weighted by Gasteiger charge is 2.26. The quantitative estimate of drug-likeness (QED) is 0.810. The third-order valence-electron chi connectivity index (χ3n) is 3.11. The fourth-order valence-corrected chi connectivity index (χ4v) is 2.17. The van der Waals surface area contributed by atoms with Crippen molar-refractivity contribution < 1.29 is 14.3 Å². The Morgan fingerprint density at radius 1 is 1.37 bits per heavy atom. The van der Waals surface area contributed by atoms with Crippen LogP contribution < -0.4 is 5.32 Å². The Kier molecular flexibility index (Phi) is 4.44. The van der Waals surface area contributed by atoms with Crippen molar-refractivity contribution in [1.82, 2.24) is 15.3 Å². The largest absolute Gasteiger partial charge is 0.464 e. The standard InChI is InChI=1S/C13H19N3O3/c1-4-10(19-5-2)12-15-9-7-14-6-8(9)11(16-12)13(17)18-3/h10,14H,4-7H2,1-3H3. The van der Waals surface area contributed by atoms with Crippen LogP contribution in [0.1, 0.15) is 53.9 Å². The Labute approximate surface area is 112 Å². The summed E-state index contributed by atoms with van der Waals surface area (Å²) in [6.45, 7) is 5.78. The van der Waals surface area contributed by atoms with Crippen LogP contribution in [0.2, 0.25) is 0 Å². The van der Waals surface area contributed by atoms with Gasteiger partial charge in [0, 0.05) is 25.3 Å². The first-order valence-corrected chi connectivity index (χ1v) is 6.51. The number of esters is 1. The number of methoxy groups -OCH3 is 1. The molecule has 0 radical (unpaired) electrons. The van der Waals surface area contributed by atoms with Crippen molar-refractivity contribution in [2.75, 3.05) is 13.7 Å². The topological polar surface area (TPSA) is 73.3 Å². The van der Waals surface area contributed by atoms with Crippen LogP contribution in [0.5, 0.6) is 0 Å². The molecule has 1 aliphatic rings. The molecular weight excluding hydrogens is 246 g/mol. The molecule has 1 atom stereocenters. The molecule has 1 N–H and O–H groups in total. The number of nitrogens with one attached hydrogen (secondary N) is 1. The maximum atomic E-state index is 11.8. The number of aromatic nitrogens is 2. The lowest BCUT2D eigenvalue weighted by Crippen LogP contribution is -2.16. The molecule has 0 aliphatic carbocycles. The van der Waals surface area contributed by atoms with Crippen LogP contribution in [0.25, 0.3) is 0 Å². The number of carbonyl (C=O) groups is 1. The summed E-state index contributed by atoms with van der Waals surface area (Å²) in [7, 11) is 1.36. The van der Waals surface area contributed by atoms with Gasteiger partial charge >= 0.3 is 5.97 Å². The first-order valence-electron chi connectivity index (χ1n) is 6.51. The molecule has 6 nitrogen and oxygen atoms in total. The fraction of sp³-hybridized carbons (Fsp3) is 0.615. The number of carbonyl (C=O) groups excluding carboxylic acids is 1. The lowest BCUT2D eigenvalue weighted by Gasteiger charge is -2.15. The first-order chi connectivity index (χ1) is 9.21. The van der Waals surface area contributed by atoms with Gasteiger partial charge in [-0.2, -0.15) is 0 Å². The molecule has 1 aromatic rings. The second kappa shape index (κ2) is 6.08. The second-order valence-electron chi connectivity index (χ2n) is 4.30. The van der Waals surface area contributed by atoms with E-state index in [1.165, 1.54) is 7.11 Å². The molecule has 19 heavy (non-hydrogen) atoms. The van der Waals surface area contributed by atoms with Crippen molar-refractivity contribution in [1.29, 1.82) is 0 Å². The summed E-state index contributed by atoms with van der Waals surface area (Å²) in [5.74, 6) is 0.141. The third kappa shape index (κ3) is 2.74. The minimum atomic E-state index is -0.421. The van der Waals surface area contributed by atoms with Gasteiger partial charge in [0.1, 0.15) is 6.10 Å². The predicted octanol–water partition coefficient (Wildman–Crippen LogP) is 1.35. The van der Waals surface area contributed by atoms with Gasteiger partial charge in [-0.15, -0.1) is 0 Å². The lowest BCUT2D eigenvalue weighted by molar-refractivity contribution is 0.0515. The first kappa shape index (κ1) is 13.9. The monoisotopic (exact) mass is 265 g/mol. The molecule has 2 rings (SSSR count). The average Bonchev–Trinajstić information content (AvgIpc) is 2.91. The van der Waals surface area contributed by atoms with E-state index in [4.69, 9.17) is 9.47 Å². The van der Waals surface area contributed by atoms with E-state index in [0.717, 1.165) is 17.7 Å². The molecule has 6 heteroatoms. The van der Waals surface area contributed by atoms with Gasteiger partial charge in [0.2, 0.25) is 0 Å². The molecule has 0 fully saturated rings. The molecule has 0 bridgehead atoms. The maximum Gasteiger partial charge on any atom is 0.357 e. The van der Waals surface area contributed by atoms with Gasteiger partial charge in [-0.25, -0.2) is 14.8 Å². The number of ether oxygens (including phenoxy) is 2. The number of nitrogens with zero attached hydrogens (tertiary/aromatic N) is 2. The van der Waals surface area contributed by atoms with E-state index < -0.39 is 5.97 Å². The van der Waals surface area contributed by atoms with E-state index in [9.17, 15) is 4.79 Å². The Balaban J connectivity index is 2.43. The van der Waals surface area contributed by atoms with Crippen LogP contribution in [0.3, 0.4) is 0 Å². The Morgan fingerprint density at radius 3 is 2.79 bits per heavy atom. The molecule has 1 aromatic heterocycles. The summed E-state index contributed by atoms with van der Waals surface area (Å²) < 4.78 is 10.4. The van der Waals surface area contributed by atoms with Crippen LogP contribution >= 0.6 is 0 Å². The van der Waals surface area contributed by atoms with Crippen LogP contribution in [0, 0.1) is 0 Å². The third-order valence-corrected chi connectivity index (χ3v) is 3.11. The highest BCUT2D eigenvalue weighted by Crippen LogP contribution is 2.23. The minimum absolute atomic E-state index is 0.181. The molecule has 0 saturated carbocycles. The Bertz CT molecular complexity index is 476. The van der Waals surface area contributed by atoms with E-state index in [1.54, 1.807) is 0 Å². The van der Waals surface area contributed by atoms with E-state index >= 15 is 0 Å². The van der Waals surface area contributed by atoms with Gasteiger partial charge in [-0.1, -0.05) is 6.92 Å². The highest BCUT2D eigenvalue weighted by molar-refractivity contribution is 5.89. The number of fused-ring (bicyclic) bond motifs is 1. The van der Waals surface area contributed by atoms with Crippen molar-refractivity contribution in [3.05, 3.63) is 22.8 Å². The molecule has 0 amide bonds. The molecule has 2 heterocycles. The summed E-state index contributed by atoms with van der Waals surface area (Å²) in [5, 5.41) is 3.17. The predicted molar refractivity (Wildman–Crippen MR) is 68.6 cm³/mol.